The maximum absolute atomic E-state index is 11.7. The Hall–Kier alpha value is -1.06. The minimum absolute atomic E-state index is 0.0967. The second-order valence-electron chi connectivity index (χ2n) is 4.40. The molecule has 1 N–H and O–H groups in total. The van der Waals surface area contributed by atoms with E-state index < -0.39 is 0 Å². The summed E-state index contributed by atoms with van der Waals surface area (Å²) in [4.78, 5) is 11.7. The lowest BCUT2D eigenvalue weighted by Gasteiger charge is -2.17. The summed E-state index contributed by atoms with van der Waals surface area (Å²) >= 11 is 6.01. The van der Waals surface area contributed by atoms with Crippen LogP contribution >= 0.6 is 11.6 Å². The fourth-order valence-electron chi connectivity index (χ4n) is 2.33. The van der Waals surface area contributed by atoms with Gasteiger partial charge >= 0.3 is 5.97 Å². The van der Waals surface area contributed by atoms with Gasteiger partial charge in [0.25, 0.3) is 0 Å². The summed E-state index contributed by atoms with van der Waals surface area (Å²) in [6.07, 6.45) is 0. The van der Waals surface area contributed by atoms with Crippen molar-refractivity contribution in [3.8, 4) is 0 Å². The Morgan fingerprint density at radius 2 is 2.24 bits per heavy atom. The number of hydrogen-bond donors (Lipinski definition) is 1. The lowest BCUT2D eigenvalue weighted by Crippen LogP contribution is -2.23. The Morgan fingerprint density at radius 3 is 2.88 bits per heavy atom. The van der Waals surface area contributed by atoms with Crippen molar-refractivity contribution in [2.24, 2.45) is 5.92 Å². The highest BCUT2D eigenvalue weighted by atomic mass is 35.5. The van der Waals surface area contributed by atoms with E-state index in [2.05, 4.69) is 11.4 Å². The van der Waals surface area contributed by atoms with Crippen molar-refractivity contribution in [1.29, 1.82) is 0 Å². The number of methoxy groups -OCH3 is 1. The van der Waals surface area contributed by atoms with E-state index in [1.807, 2.05) is 19.1 Å². The first kappa shape index (κ1) is 12.4. The summed E-state index contributed by atoms with van der Waals surface area (Å²) in [7, 11) is 1.44. The second kappa shape index (κ2) is 5.07. The molecule has 0 aliphatic carbocycles. The van der Waals surface area contributed by atoms with Gasteiger partial charge in [-0.2, -0.15) is 0 Å². The molecule has 1 saturated heterocycles. The van der Waals surface area contributed by atoms with Crippen molar-refractivity contribution >= 4 is 17.6 Å². The van der Waals surface area contributed by atoms with Crippen molar-refractivity contribution in [2.75, 3.05) is 20.2 Å². The van der Waals surface area contributed by atoms with E-state index in [-0.39, 0.29) is 17.8 Å². The first-order valence-corrected chi connectivity index (χ1v) is 6.06. The second-order valence-corrected chi connectivity index (χ2v) is 4.81. The molecular formula is C13H16ClNO2. The molecule has 0 radical (unpaired) electrons. The highest BCUT2D eigenvalue weighted by molar-refractivity contribution is 6.31. The summed E-state index contributed by atoms with van der Waals surface area (Å²) < 4.78 is 4.83. The number of carbonyl (C=O) groups excluding carboxylic acids is 1. The summed E-state index contributed by atoms with van der Waals surface area (Å²) in [5.41, 5.74) is 2.19. The highest BCUT2D eigenvalue weighted by Crippen LogP contribution is 2.31. The first-order chi connectivity index (χ1) is 8.13. The van der Waals surface area contributed by atoms with Crippen LogP contribution in [0.4, 0.5) is 0 Å². The average Bonchev–Trinajstić information content (AvgIpc) is 2.80. The van der Waals surface area contributed by atoms with Crippen LogP contribution in [0.5, 0.6) is 0 Å². The SMILES string of the molecule is COC(=O)[C@@H]1CNC[C@H]1c1ccc(Cl)c(C)c1. The van der Waals surface area contributed by atoms with Crippen molar-refractivity contribution < 1.29 is 9.53 Å². The van der Waals surface area contributed by atoms with Crippen LogP contribution in [-0.2, 0) is 9.53 Å². The van der Waals surface area contributed by atoms with E-state index >= 15 is 0 Å². The number of esters is 1. The molecule has 3 nitrogen and oxygen atoms in total. The third-order valence-electron chi connectivity index (χ3n) is 3.33. The van der Waals surface area contributed by atoms with E-state index in [1.165, 1.54) is 7.11 Å². The van der Waals surface area contributed by atoms with Gasteiger partial charge in [-0.25, -0.2) is 0 Å². The van der Waals surface area contributed by atoms with Gasteiger partial charge in [-0.15, -0.1) is 0 Å². The molecule has 0 amide bonds. The first-order valence-electron chi connectivity index (χ1n) is 5.68. The molecule has 17 heavy (non-hydrogen) atoms. The summed E-state index contributed by atoms with van der Waals surface area (Å²) in [6.45, 7) is 3.46. The number of benzene rings is 1. The van der Waals surface area contributed by atoms with E-state index in [1.54, 1.807) is 0 Å². The summed E-state index contributed by atoms with van der Waals surface area (Å²) in [5, 5.41) is 4.00. The van der Waals surface area contributed by atoms with Gasteiger partial charge in [0.1, 0.15) is 0 Å². The highest BCUT2D eigenvalue weighted by Gasteiger charge is 2.34. The van der Waals surface area contributed by atoms with Crippen LogP contribution in [0.25, 0.3) is 0 Å². The van der Waals surface area contributed by atoms with Crippen LogP contribution in [0.2, 0.25) is 5.02 Å². The predicted octanol–water partition coefficient (Wildman–Crippen LogP) is 2.12. The number of halogens is 1. The zero-order valence-corrected chi connectivity index (χ0v) is 10.8. The summed E-state index contributed by atoms with van der Waals surface area (Å²) in [6, 6.07) is 5.93. The number of hydrogen-bond acceptors (Lipinski definition) is 3. The molecule has 1 aliphatic heterocycles. The number of ether oxygens (including phenoxy) is 1. The molecule has 1 heterocycles. The third-order valence-corrected chi connectivity index (χ3v) is 3.75. The molecule has 2 atom stereocenters. The number of rotatable bonds is 2. The van der Waals surface area contributed by atoms with Crippen molar-refractivity contribution in [3.05, 3.63) is 34.3 Å². The molecule has 0 aromatic heterocycles. The lowest BCUT2D eigenvalue weighted by atomic mass is 9.88. The Balaban J connectivity index is 2.26. The Morgan fingerprint density at radius 1 is 1.47 bits per heavy atom. The van der Waals surface area contributed by atoms with Crippen LogP contribution < -0.4 is 5.32 Å². The third kappa shape index (κ3) is 2.45. The summed E-state index contributed by atoms with van der Waals surface area (Å²) in [5.74, 6) is -0.0633. The van der Waals surface area contributed by atoms with Gasteiger partial charge in [0, 0.05) is 24.0 Å². The molecule has 1 aliphatic rings. The smallest absolute Gasteiger partial charge is 0.310 e. The molecule has 1 aromatic carbocycles. The molecule has 0 unspecified atom stereocenters. The molecule has 0 saturated carbocycles. The number of aryl methyl sites for hydroxylation is 1. The lowest BCUT2D eigenvalue weighted by molar-refractivity contribution is -0.145. The average molecular weight is 254 g/mol. The van der Waals surface area contributed by atoms with E-state index in [0.717, 1.165) is 22.7 Å². The van der Waals surface area contributed by atoms with Gasteiger partial charge in [-0.3, -0.25) is 4.79 Å². The molecule has 0 spiro atoms. The van der Waals surface area contributed by atoms with Gasteiger partial charge in [0.05, 0.1) is 13.0 Å². The van der Waals surface area contributed by atoms with Crippen LogP contribution in [0.15, 0.2) is 18.2 Å². The van der Waals surface area contributed by atoms with Crippen molar-refractivity contribution in [1.82, 2.24) is 5.32 Å². The van der Waals surface area contributed by atoms with E-state index in [9.17, 15) is 4.79 Å². The molecule has 1 fully saturated rings. The number of carbonyl (C=O) groups is 1. The van der Waals surface area contributed by atoms with Gasteiger partial charge in [-0.05, 0) is 24.1 Å². The van der Waals surface area contributed by atoms with Crippen LogP contribution in [0.1, 0.15) is 17.0 Å². The normalized spacial score (nSPS) is 23.7. The molecule has 4 heteroatoms. The Kier molecular flexibility index (Phi) is 3.69. The van der Waals surface area contributed by atoms with Gasteiger partial charge in [-0.1, -0.05) is 23.7 Å². The largest absolute Gasteiger partial charge is 0.469 e. The molecule has 1 aromatic rings. The zero-order valence-electron chi connectivity index (χ0n) is 10.00. The quantitative estimate of drug-likeness (QED) is 0.821. The maximum Gasteiger partial charge on any atom is 0.310 e. The van der Waals surface area contributed by atoms with Gasteiger partial charge in [0.15, 0.2) is 0 Å². The van der Waals surface area contributed by atoms with E-state index in [4.69, 9.17) is 16.3 Å². The minimum atomic E-state index is -0.146. The molecule has 0 bridgehead atoms. The fraction of sp³-hybridized carbons (Fsp3) is 0.462. The molecule has 92 valence electrons. The van der Waals surface area contributed by atoms with Crippen LogP contribution in [0.3, 0.4) is 0 Å². The molecule has 2 rings (SSSR count). The zero-order chi connectivity index (χ0) is 12.4. The Bertz CT molecular complexity index is 433. The van der Waals surface area contributed by atoms with E-state index in [0.29, 0.717) is 6.54 Å². The van der Waals surface area contributed by atoms with Crippen molar-refractivity contribution in [2.45, 2.75) is 12.8 Å². The van der Waals surface area contributed by atoms with Crippen LogP contribution in [0, 0.1) is 12.8 Å². The monoisotopic (exact) mass is 253 g/mol. The minimum Gasteiger partial charge on any atom is -0.469 e. The number of nitrogens with one attached hydrogen (secondary N) is 1. The van der Waals surface area contributed by atoms with Crippen LogP contribution in [-0.4, -0.2) is 26.2 Å². The van der Waals surface area contributed by atoms with Crippen molar-refractivity contribution in [3.63, 3.8) is 0 Å². The standard InChI is InChI=1S/C13H16ClNO2/c1-8-5-9(3-4-12(8)14)10-6-15-7-11(10)13(16)17-2/h3-5,10-11,15H,6-7H2,1-2H3/t10-,11+/m0/s1. The maximum atomic E-state index is 11.7. The van der Waals surface area contributed by atoms with Gasteiger partial charge in [0.2, 0.25) is 0 Å². The topological polar surface area (TPSA) is 38.3 Å². The molecular weight excluding hydrogens is 238 g/mol. The fourth-order valence-corrected chi connectivity index (χ4v) is 2.44. The van der Waals surface area contributed by atoms with Gasteiger partial charge < -0.3 is 10.1 Å². The Labute approximate surface area is 106 Å². The predicted molar refractivity (Wildman–Crippen MR) is 67.3 cm³/mol.